The molecule has 2 rings (SSSR count). The maximum atomic E-state index is 13.4. The van der Waals surface area contributed by atoms with Gasteiger partial charge in [0.25, 0.3) is 0 Å². The lowest BCUT2D eigenvalue weighted by molar-refractivity contribution is -0.387. The largest absolute Gasteiger partial charge is 0.469 e. The molecule has 1 aromatic carbocycles. The molecule has 0 amide bonds. The zero-order valence-corrected chi connectivity index (χ0v) is 11.0. The van der Waals surface area contributed by atoms with Gasteiger partial charge in [0, 0.05) is 25.1 Å². The van der Waals surface area contributed by atoms with Gasteiger partial charge in [0.05, 0.1) is 11.2 Å². The first-order valence-corrected chi connectivity index (χ1v) is 6.25. The lowest BCUT2D eigenvalue weighted by Gasteiger charge is -2.12. The normalized spacial score (nSPS) is 12.3. The van der Waals surface area contributed by atoms with Gasteiger partial charge in [0.2, 0.25) is 5.82 Å². The third kappa shape index (κ3) is 3.64. The van der Waals surface area contributed by atoms with E-state index >= 15 is 0 Å². The quantitative estimate of drug-likeness (QED) is 0.651. The molecule has 20 heavy (non-hydrogen) atoms. The highest BCUT2D eigenvalue weighted by atomic mass is 19.1. The number of furan rings is 1. The van der Waals surface area contributed by atoms with Gasteiger partial charge in [-0.1, -0.05) is 6.07 Å². The van der Waals surface area contributed by atoms with Crippen molar-refractivity contribution in [3.05, 3.63) is 63.9 Å². The van der Waals surface area contributed by atoms with Gasteiger partial charge in [0.15, 0.2) is 0 Å². The standard InChI is InChI=1S/C14H15FN2O3/c1-10(7-12-3-2-6-20-12)16-9-11-4-5-14(17(18)19)13(15)8-11/h2-6,8,10,16H,7,9H2,1H3. The van der Waals surface area contributed by atoms with Crippen molar-refractivity contribution in [1.82, 2.24) is 5.32 Å². The summed E-state index contributed by atoms with van der Waals surface area (Å²) in [7, 11) is 0. The molecule has 1 heterocycles. The van der Waals surface area contributed by atoms with Gasteiger partial charge in [-0.15, -0.1) is 0 Å². The van der Waals surface area contributed by atoms with Crippen molar-refractivity contribution in [2.45, 2.75) is 25.9 Å². The predicted molar refractivity (Wildman–Crippen MR) is 71.8 cm³/mol. The summed E-state index contributed by atoms with van der Waals surface area (Å²) in [5.74, 6) is 0.0628. The second-order valence-electron chi connectivity index (χ2n) is 4.61. The van der Waals surface area contributed by atoms with Crippen molar-refractivity contribution < 1.29 is 13.7 Å². The molecule has 0 aliphatic carbocycles. The highest BCUT2D eigenvalue weighted by Gasteiger charge is 2.14. The van der Waals surface area contributed by atoms with Gasteiger partial charge in [-0.05, 0) is 30.7 Å². The topological polar surface area (TPSA) is 68.3 Å². The molecule has 1 unspecified atom stereocenters. The van der Waals surface area contributed by atoms with Gasteiger partial charge in [0.1, 0.15) is 5.76 Å². The second kappa shape index (κ2) is 6.29. The minimum absolute atomic E-state index is 0.152. The number of halogens is 1. The molecular weight excluding hydrogens is 263 g/mol. The zero-order chi connectivity index (χ0) is 14.5. The predicted octanol–water partition coefficient (Wildman–Crippen LogP) is 3.05. The summed E-state index contributed by atoms with van der Waals surface area (Å²) in [6.07, 6.45) is 2.34. The Bertz CT molecular complexity index is 584. The first-order valence-electron chi connectivity index (χ1n) is 6.25. The van der Waals surface area contributed by atoms with Crippen LogP contribution in [0.15, 0.2) is 41.0 Å². The average molecular weight is 278 g/mol. The van der Waals surface area contributed by atoms with E-state index in [-0.39, 0.29) is 6.04 Å². The lowest BCUT2D eigenvalue weighted by Crippen LogP contribution is -2.27. The van der Waals surface area contributed by atoms with E-state index in [9.17, 15) is 14.5 Å². The van der Waals surface area contributed by atoms with Crippen LogP contribution in [-0.4, -0.2) is 11.0 Å². The van der Waals surface area contributed by atoms with Crippen molar-refractivity contribution in [3.63, 3.8) is 0 Å². The molecule has 0 aliphatic rings. The molecule has 2 aromatic rings. The number of nitro groups is 1. The van der Waals surface area contributed by atoms with Gasteiger partial charge < -0.3 is 9.73 Å². The van der Waals surface area contributed by atoms with E-state index in [1.807, 2.05) is 19.1 Å². The van der Waals surface area contributed by atoms with Crippen LogP contribution in [0.2, 0.25) is 0 Å². The van der Waals surface area contributed by atoms with Crippen LogP contribution in [0.4, 0.5) is 10.1 Å². The van der Waals surface area contributed by atoms with Gasteiger partial charge >= 0.3 is 5.69 Å². The van der Waals surface area contributed by atoms with E-state index in [2.05, 4.69) is 5.32 Å². The molecule has 0 fully saturated rings. The van der Waals surface area contributed by atoms with E-state index in [0.717, 1.165) is 12.2 Å². The molecule has 106 valence electrons. The monoisotopic (exact) mass is 278 g/mol. The Labute approximate surface area is 115 Å². The van der Waals surface area contributed by atoms with Crippen LogP contribution in [0.5, 0.6) is 0 Å². The molecule has 1 N–H and O–H groups in total. The third-order valence-corrected chi connectivity index (χ3v) is 2.95. The fourth-order valence-corrected chi connectivity index (χ4v) is 1.90. The second-order valence-corrected chi connectivity index (χ2v) is 4.61. The minimum Gasteiger partial charge on any atom is -0.469 e. The van der Waals surface area contributed by atoms with Gasteiger partial charge in [-0.2, -0.15) is 4.39 Å². The Kier molecular flexibility index (Phi) is 4.47. The fraction of sp³-hybridized carbons (Fsp3) is 0.286. The molecule has 0 bridgehead atoms. The Morgan fingerprint density at radius 1 is 1.45 bits per heavy atom. The molecule has 0 aliphatic heterocycles. The number of nitrogens with one attached hydrogen (secondary N) is 1. The van der Waals surface area contributed by atoms with Gasteiger partial charge in [-0.3, -0.25) is 10.1 Å². The van der Waals surface area contributed by atoms with Crippen LogP contribution in [0, 0.1) is 15.9 Å². The summed E-state index contributed by atoms with van der Waals surface area (Å²) >= 11 is 0. The van der Waals surface area contributed by atoms with Crippen LogP contribution in [0.3, 0.4) is 0 Å². The molecule has 0 saturated carbocycles. The number of hydrogen-bond acceptors (Lipinski definition) is 4. The SMILES string of the molecule is CC(Cc1ccco1)NCc1ccc([N+](=O)[O-])c(F)c1. The summed E-state index contributed by atoms with van der Waals surface area (Å²) in [4.78, 5) is 9.79. The molecular formula is C14H15FN2O3. The first kappa shape index (κ1) is 14.2. The molecule has 0 saturated heterocycles. The van der Waals surface area contributed by atoms with Crippen LogP contribution < -0.4 is 5.32 Å². The van der Waals surface area contributed by atoms with Crippen molar-refractivity contribution in [2.75, 3.05) is 0 Å². The molecule has 6 heteroatoms. The number of rotatable bonds is 6. The maximum Gasteiger partial charge on any atom is 0.304 e. The zero-order valence-electron chi connectivity index (χ0n) is 11.0. The van der Waals surface area contributed by atoms with E-state index in [1.165, 1.54) is 12.1 Å². The average Bonchev–Trinajstić information content (AvgIpc) is 2.89. The number of hydrogen-bond donors (Lipinski definition) is 1. The van der Waals surface area contributed by atoms with Crippen molar-refractivity contribution in [1.29, 1.82) is 0 Å². The molecule has 5 nitrogen and oxygen atoms in total. The Balaban J connectivity index is 1.90. The summed E-state index contributed by atoms with van der Waals surface area (Å²) in [5, 5.41) is 13.7. The van der Waals surface area contributed by atoms with E-state index in [1.54, 1.807) is 12.3 Å². The minimum atomic E-state index is -0.812. The Morgan fingerprint density at radius 3 is 2.85 bits per heavy atom. The smallest absolute Gasteiger partial charge is 0.304 e. The van der Waals surface area contributed by atoms with Crippen molar-refractivity contribution >= 4 is 5.69 Å². The number of nitrogens with zero attached hydrogens (tertiary/aromatic N) is 1. The third-order valence-electron chi connectivity index (χ3n) is 2.95. The van der Waals surface area contributed by atoms with Crippen molar-refractivity contribution in [3.8, 4) is 0 Å². The Hall–Kier alpha value is -2.21. The Morgan fingerprint density at radius 2 is 2.25 bits per heavy atom. The van der Waals surface area contributed by atoms with Gasteiger partial charge in [-0.25, -0.2) is 0 Å². The summed E-state index contributed by atoms with van der Waals surface area (Å²) in [6.45, 7) is 2.43. The molecule has 1 aromatic heterocycles. The van der Waals surface area contributed by atoms with Crippen molar-refractivity contribution in [2.24, 2.45) is 0 Å². The van der Waals surface area contributed by atoms with E-state index < -0.39 is 16.4 Å². The summed E-state index contributed by atoms with van der Waals surface area (Å²) in [5.41, 5.74) is 0.164. The number of benzene rings is 1. The molecule has 0 spiro atoms. The van der Waals surface area contributed by atoms with Crippen LogP contribution in [0.1, 0.15) is 18.2 Å². The van der Waals surface area contributed by atoms with E-state index in [4.69, 9.17) is 4.42 Å². The summed E-state index contributed by atoms with van der Waals surface area (Å²) < 4.78 is 18.7. The van der Waals surface area contributed by atoms with E-state index in [0.29, 0.717) is 12.1 Å². The van der Waals surface area contributed by atoms with Crippen LogP contribution in [-0.2, 0) is 13.0 Å². The van der Waals surface area contributed by atoms with Crippen LogP contribution >= 0.6 is 0 Å². The molecule has 0 radical (unpaired) electrons. The lowest BCUT2D eigenvalue weighted by atomic mass is 10.1. The highest BCUT2D eigenvalue weighted by Crippen LogP contribution is 2.18. The number of nitro benzene ring substituents is 1. The summed E-state index contributed by atoms with van der Waals surface area (Å²) in [6, 6.07) is 7.79. The highest BCUT2D eigenvalue weighted by molar-refractivity contribution is 5.34. The molecule has 1 atom stereocenters. The first-order chi connectivity index (χ1) is 9.56. The fourth-order valence-electron chi connectivity index (χ4n) is 1.90. The van der Waals surface area contributed by atoms with Crippen LogP contribution in [0.25, 0.3) is 0 Å². The maximum absolute atomic E-state index is 13.4.